The number of carbonyl (C=O) groups excluding carboxylic acids is 1. The average Bonchev–Trinajstić information content (AvgIpc) is 2.63. The highest BCUT2D eigenvalue weighted by Gasteiger charge is 2.26. The van der Waals surface area contributed by atoms with Gasteiger partial charge in [0.05, 0.1) is 10.8 Å². The van der Waals surface area contributed by atoms with Gasteiger partial charge in [-0.15, -0.1) is 0 Å². The van der Waals surface area contributed by atoms with Crippen LogP contribution < -0.4 is 5.32 Å². The molecule has 2 aromatic rings. The molecule has 170 valence electrons. The second-order valence-corrected chi connectivity index (χ2v) is 11.4. The molecule has 0 aliphatic carbocycles. The molecule has 0 heterocycles. The van der Waals surface area contributed by atoms with Gasteiger partial charge in [-0.2, -0.15) is 11.8 Å². The molecular formula is C25H33ClFNO2S. The normalized spacial score (nSPS) is 12.1. The number of carbonyl (C=O) groups is 1. The standard InChI is InChI=1S/C25H33ClFNO2S/c1-24(2,3)18-12-16(13-19(23(18)30)25(4,5)6)8-7-11-31-15-22(29)28-17-9-10-21(27)20(26)14-17/h9-10,12-14,30H,7-8,11,15H2,1-6H3,(H,28,29). The maximum absolute atomic E-state index is 13.2. The SMILES string of the molecule is CC(C)(C)c1cc(CCCSCC(=O)Nc2ccc(F)c(Cl)c2)cc(C(C)(C)C)c1O. The highest BCUT2D eigenvalue weighted by molar-refractivity contribution is 7.99. The van der Waals surface area contributed by atoms with E-state index in [0.717, 1.165) is 29.7 Å². The monoisotopic (exact) mass is 465 g/mol. The first-order chi connectivity index (χ1) is 14.3. The van der Waals surface area contributed by atoms with Gasteiger partial charge in [-0.25, -0.2) is 4.39 Å². The lowest BCUT2D eigenvalue weighted by molar-refractivity contribution is -0.113. The van der Waals surface area contributed by atoms with Crippen LogP contribution in [0.1, 0.15) is 64.7 Å². The molecule has 0 aromatic heterocycles. The average molecular weight is 466 g/mol. The maximum Gasteiger partial charge on any atom is 0.234 e. The predicted octanol–water partition coefficient (Wildman–Crippen LogP) is 7.08. The van der Waals surface area contributed by atoms with E-state index < -0.39 is 5.82 Å². The Hall–Kier alpha value is -1.72. The number of rotatable bonds is 7. The van der Waals surface area contributed by atoms with Crippen molar-refractivity contribution in [2.45, 2.75) is 65.2 Å². The van der Waals surface area contributed by atoms with E-state index >= 15 is 0 Å². The van der Waals surface area contributed by atoms with Crippen molar-refractivity contribution in [2.75, 3.05) is 16.8 Å². The molecule has 0 saturated heterocycles. The van der Waals surface area contributed by atoms with Crippen LogP contribution in [0, 0.1) is 5.82 Å². The molecule has 6 heteroatoms. The third-order valence-corrected chi connectivity index (χ3v) is 6.31. The first-order valence-electron chi connectivity index (χ1n) is 10.5. The summed E-state index contributed by atoms with van der Waals surface area (Å²) in [7, 11) is 0. The fourth-order valence-corrected chi connectivity index (χ4v) is 4.23. The minimum absolute atomic E-state index is 0.0106. The van der Waals surface area contributed by atoms with Crippen molar-refractivity contribution in [3.8, 4) is 5.75 Å². The lowest BCUT2D eigenvalue weighted by Gasteiger charge is -2.28. The summed E-state index contributed by atoms with van der Waals surface area (Å²) < 4.78 is 13.2. The maximum atomic E-state index is 13.2. The van der Waals surface area contributed by atoms with Gasteiger partial charge in [0.1, 0.15) is 11.6 Å². The Morgan fingerprint density at radius 2 is 1.65 bits per heavy atom. The molecule has 0 unspecified atom stereocenters. The largest absolute Gasteiger partial charge is 0.507 e. The van der Waals surface area contributed by atoms with Crippen molar-refractivity contribution in [3.63, 3.8) is 0 Å². The van der Waals surface area contributed by atoms with Crippen molar-refractivity contribution >= 4 is 35.0 Å². The number of benzene rings is 2. The highest BCUT2D eigenvalue weighted by atomic mass is 35.5. The summed E-state index contributed by atoms with van der Waals surface area (Å²) in [5.41, 5.74) is 3.36. The molecule has 0 aliphatic heterocycles. The summed E-state index contributed by atoms with van der Waals surface area (Å²) in [5, 5.41) is 13.6. The quantitative estimate of drug-likeness (QED) is 0.429. The minimum atomic E-state index is -0.507. The van der Waals surface area contributed by atoms with Gasteiger partial charge in [-0.3, -0.25) is 4.79 Å². The number of phenolic OH excluding ortho intramolecular Hbond substituents is 1. The van der Waals surface area contributed by atoms with E-state index in [-0.39, 0.29) is 21.8 Å². The van der Waals surface area contributed by atoms with Crippen molar-refractivity contribution in [1.82, 2.24) is 0 Å². The number of hydrogen-bond acceptors (Lipinski definition) is 3. The zero-order valence-corrected chi connectivity index (χ0v) is 20.8. The first kappa shape index (κ1) is 25.5. The van der Waals surface area contributed by atoms with Crippen LogP contribution in [0.3, 0.4) is 0 Å². The van der Waals surface area contributed by atoms with Crippen molar-refractivity contribution < 1.29 is 14.3 Å². The molecule has 0 fully saturated rings. The highest BCUT2D eigenvalue weighted by Crippen LogP contribution is 2.40. The summed E-state index contributed by atoms with van der Waals surface area (Å²) in [6.07, 6.45) is 1.81. The molecule has 1 amide bonds. The summed E-state index contributed by atoms with van der Waals surface area (Å²) in [4.78, 5) is 12.1. The predicted molar refractivity (Wildman–Crippen MR) is 131 cm³/mol. The lowest BCUT2D eigenvalue weighted by Crippen LogP contribution is -2.18. The number of hydrogen-bond donors (Lipinski definition) is 2. The Labute approximate surface area is 194 Å². The van der Waals surface area contributed by atoms with E-state index in [0.29, 0.717) is 17.2 Å². The third-order valence-electron chi connectivity index (χ3n) is 4.98. The van der Waals surface area contributed by atoms with E-state index in [2.05, 4.69) is 59.0 Å². The summed E-state index contributed by atoms with van der Waals surface area (Å²) in [6, 6.07) is 8.36. The Balaban J connectivity index is 1.91. The molecule has 2 N–H and O–H groups in total. The Morgan fingerprint density at radius 3 is 2.16 bits per heavy atom. The van der Waals surface area contributed by atoms with Gasteiger partial charge in [-0.1, -0.05) is 65.3 Å². The molecule has 0 atom stereocenters. The lowest BCUT2D eigenvalue weighted by atomic mass is 9.78. The van der Waals surface area contributed by atoms with Gasteiger partial charge in [0, 0.05) is 5.69 Å². The van der Waals surface area contributed by atoms with Crippen LogP contribution in [0.25, 0.3) is 0 Å². The van der Waals surface area contributed by atoms with Gasteiger partial charge >= 0.3 is 0 Å². The number of halogens is 2. The topological polar surface area (TPSA) is 49.3 Å². The van der Waals surface area contributed by atoms with Crippen LogP contribution in [0.15, 0.2) is 30.3 Å². The smallest absolute Gasteiger partial charge is 0.234 e. The summed E-state index contributed by atoms with van der Waals surface area (Å²) in [6.45, 7) is 12.7. The molecule has 0 aliphatic rings. The molecule has 0 bridgehead atoms. The number of amides is 1. The Morgan fingerprint density at radius 1 is 1.06 bits per heavy atom. The molecule has 2 rings (SSSR count). The Kier molecular flexibility index (Phi) is 8.46. The van der Waals surface area contributed by atoms with Gasteiger partial charge in [0.25, 0.3) is 0 Å². The van der Waals surface area contributed by atoms with Crippen LogP contribution in [0.2, 0.25) is 5.02 Å². The number of nitrogens with one attached hydrogen (secondary N) is 1. The number of anilines is 1. The van der Waals surface area contributed by atoms with Gasteiger partial charge < -0.3 is 10.4 Å². The zero-order chi connectivity index (χ0) is 23.4. The molecule has 0 saturated carbocycles. The van der Waals surface area contributed by atoms with Crippen LogP contribution in [0.4, 0.5) is 10.1 Å². The molecule has 0 radical (unpaired) electrons. The number of aryl methyl sites for hydroxylation is 1. The van der Waals surface area contributed by atoms with E-state index in [4.69, 9.17) is 11.6 Å². The third kappa shape index (κ3) is 7.43. The molecule has 31 heavy (non-hydrogen) atoms. The molecular weight excluding hydrogens is 433 g/mol. The fraction of sp³-hybridized carbons (Fsp3) is 0.480. The Bertz CT molecular complexity index is 897. The second-order valence-electron chi connectivity index (χ2n) is 9.87. The van der Waals surface area contributed by atoms with Crippen LogP contribution in [-0.4, -0.2) is 22.5 Å². The van der Waals surface area contributed by atoms with Crippen molar-refractivity contribution in [3.05, 3.63) is 57.9 Å². The molecule has 0 spiro atoms. The number of thioether (sulfide) groups is 1. The van der Waals surface area contributed by atoms with Gasteiger partial charge in [0.2, 0.25) is 5.91 Å². The summed E-state index contributed by atoms with van der Waals surface area (Å²) >= 11 is 7.30. The number of phenols is 1. The zero-order valence-electron chi connectivity index (χ0n) is 19.2. The number of aromatic hydroxyl groups is 1. The van der Waals surface area contributed by atoms with Gasteiger partial charge in [0.15, 0.2) is 0 Å². The minimum Gasteiger partial charge on any atom is -0.507 e. The van der Waals surface area contributed by atoms with E-state index in [1.54, 1.807) is 11.8 Å². The van der Waals surface area contributed by atoms with Crippen LogP contribution in [0.5, 0.6) is 5.75 Å². The first-order valence-corrected chi connectivity index (χ1v) is 12.0. The van der Waals surface area contributed by atoms with Gasteiger partial charge in [-0.05, 0) is 64.3 Å². The summed E-state index contributed by atoms with van der Waals surface area (Å²) in [5.74, 6) is 0.921. The second kappa shape index (κ2) is 10.3. The van der Waals surface area contributed by atoms with E-state index in [1.807, 2.05) is 0 Å². The molecule has 2 aromatic carbocycles. The van der Waals surface area contributed by atoms with Crippen molar-refractivity contribution in [2.24, 2.45) is 0 Å². The van der Waals surface area contributed by atoms with Crippen molar-refractivity contribution in [1.29, 1.82) is 0 Å². The van der Waals surface area contributed by atoms with E-state index in [9.17, 15) is 14.3 Å². The fourth-order valence-electron chi connectivity index (χ4n) is 3.30. The van der Waals surface area contributed by atoms with Crippen LogP contribution >= 0.6 is 23.4 Å². The van der Waals surface area contributed by atoms with Crippen LogP contribution in [-0.2, 0) is 22.0 Å². The molecule has 3 nitrogen and oxygen atoms in total. The van der Waals surface area contributed by atoms with E-state index in [1.165, 1.54) is 23.8 Å².